The van der Waals surface area contributed by atoms with E-state index in [0.29, 0.717) is 0 Å². The van der Waals surface area contributed by atoms with Crippen molar-refractivity contribution >= 4 is 15.9 Å². The average molecular weight is 542 g/mol. The summed E-state index contributed by atoms with van der Waals surface area (Å²) < 4.78 is 87.4. The minimum atomic E-state index is -5.13. The van der Waals surface area contributed by atoms with Gasteiger partial charge >= 0.3 is 24.5 Å². The molecule has 0 aliphatic rings. The quantitative estimate of drug-likeness (QED) is 0.390. The van der Waals surface area contributed by atoms with E-state index >= 15 is 0 Å². The molecular weight excluding hydrogens is 532 g/mol. The summed E-state index contributed by atoms with van der Waals surface area (Å²) in [6, 6.07) is 2.08. The van der Waals surface area contributed by atoms with E-state index in [4.69, 9.17) is 10.6 Å². The summed E-state index contributed by atoms with van der Waals surface area (Å²) in [7, 11) is 0. The molecule has 0 spiro atoms. The number of alkyl halides is 5. The molecule has 0 amide bonds. The maximum atomic E-state index is 14.6. The molecule has 0 unspecified atom stereocenters. The molecule has 33 heavy (non-hydrogen) atoms. The largest absolute Gasteiger partial charge is 0.433 e. The predicted molar refractivity (Wildman–Crippen MR) is 103 cm³/mol. The van der Waals surface area contributed by atoms with Crippen molar-refractivity contribution in [1.82, 2.24) is 19.2 Å². The van der Waals surface area contributed by atoms with Gasteiger partial charge in [-0.15, -0.1) is 0 Å². The Hall–Kier alpha value is -3.56. The Morgan fingerprint density at radius 2 is 1.79 bits per heavy atom. The summed E-state index contributed by atoms with van der Waals surface area (Å²) in [6.45, 7) is -1.79. The summed E-state index contributed by atoms with van der Waals surface area (Å²) in [5.74, 6) is 3.08. The number of hydrogen-bond acceptors (Lipinski definition) is 7. The number of benzene rings is 1. The van der Waals surface area contributed by atoms with Crippen molar-refractivity contribution in [1.29, 1.82) is 0 Å². The molecule has 0 aliphatic carbocycles. The molecule has 0 bridgehead atoms. The lowest BCUT2D eigenvalue weighted by atomic mass is 10.2. The second kappa shape index (κ2) is 8.76. The molecule has 2 heterocycles. The fraction of sp³-hybridized carbons (Fsp3) is 0.176. The highest BCUT2D eigenvalue weighted by Crippen LogP contribution is 2.33. The highest BCUT2D eigenvalue weighted by molar-refractivity contribution is 9.10. The van der Waals surface area contributed by atoms with Gasteiger partial charge in [-0.2, -0.15) is 31.9 Å². The molecule has 3 rings (SSSR count). The Morgan fingerprint density at radius 3 is 2.39 bits per heavy atom. The van der Waals surface area contributed by atoms with Gasteiger partial charge < -0.3 is 15.3 Å². The van der Waals surface area contributed by atoms with E-state index in [9.17, 15) is 35.9 Å². The third-order valence-electron chi connectivity index (χ3n) is 3.89. The summed E-state index contributed by atoms with van der Waals surface area (Å²) in [5, 5.41) is 0. The Kier molecular flexibility index (Phi) is 6.40. The standard InChI is InChI=1S/C17H10BrF6N5O4/c1-6-2-12(33-14(20)21)27-15(26-6)32-10-4-9(8(19)3-7(10)18)28-13(30)5-11(17(22,23)24)29(25)16(28)31/h2-5,14H,25H2,1H3. The number of aromatic nitrogens is 4. The first-order valence-electron chi connectivity index (χ1n) is 8.47. The summed E-state index contributed by atoms with van der Waals surface area (Å²) >= 11 is 2.96. The van der Waals surface area contributed by atoms with E-state index in [1.165, 1.54) is 6.92 Å². The van der Waals surface area contributed by atoms with Crippen molar-refractivity contribution in [3.63, 3.8) is 0 Å². The van der Waals surface area contributed by atoms with E-state index in [-0.39, 0.29) is 31.2 Å². The predicted octanol–water partition coefficient (Wildman–Crippen LogP) is 3.13. The number of halogens is 7. The van der Waals surface area contributed by atoms with Crippen molar-refractivity contribution < 1.29 is 35.8 Å². The fourth-order valence-electron chi connectivity index (χ4n) is 2.57. The van der Waals surface area contributed by atoms with Crippen LogP contribution in [0.15, 0.2) is 38.3 Å². The maximum absolute atomic E-state index is 14.6. The third-order valence-corrected chi connectivity index (χ3v) is 4.51. The average Bonchev–Trinajstić information content (AvgIpc) is 2.66. The molecule has 0 radical (unpaired) electrons. The van der Waals surface area contributed by atoms with E-state index in [2.05, 4.69) is 30.6 Å². The van der Waals surface area contributed by atoms with Crippen LogP contribution in [0.5, 0.6) is 17.6 Å². The van der Waals surface area contributed by atoms with Gasteiger partial charge in [0.25, 0.3) is 5.56 Å². The summed E-state index contributed by atoms with van der Waals surface area (Å²) in [5.41, 5.74) is -5.63. The third kappa shape index (κ3) is 5.10. The van der Waals surface area contributed by atoms with Crippen LogP contribution >= 0.6 is 15.9 Å². The first-order valence-corrected chi connectivity index (χ1v) is 9.26. The number of nitrogens with two attached hydrogens (primary N) is 1. The van der Waals surface area contributed by atoms with Gasteiger partial charge in [-0.25, -0.2) is 18.4 Å². The van der Waals surface area contributed by atoms with Crippen molar-refractivity contribution in [2.75, 3.05) is 5.84 Å². The van der Waals surface area contributed by atoms with Crippen molar-refractivity contribution in [2.45, 2.75) is 19.7 Å². The zero-order valence-electron chi connectivity index (χ0n) is 16.0. The smallest absolute Gasteiger partial charge is 0.423 e. The van der Waals surface area contributed by atoms with Crippen molar-refractivity contribution in [3.8, 4) is 23.3 Å². The van der Waals surface area contributed by atoms with Crippen LogP contribution in [-0.4, -0.2) is 25.8 Å². The number of rotatable bonds is 5. The summed E-state index contributed by atoms with van der Waals surface area (Å²) in [4.78, 5) is 32.0. The van der Waals surface area contributed by atoms with Crippen LogP contribution in [0, 0.1) is 12.7 Å². The van der Waals surface area contributed by atoms with Crippen molar-refractivity contribution in [3.05, 3.63) is 66.8 Å². The second-order valence-corrected chi connectivity index (χ2v) is 7.05. The highest BCUT2D eigenvalue weighted by Gasteiger charge is 2.36. The number of nitrogens with zero attached hydrogens (tertiary/aromatic N) is 4. The first-order chi connectivity index (χ1) is 15.3. The lowest BCUT2D eigenvalue weighted by Crippen LogP contribution is -2.45. The Labute approximate surface area is 187 Å². The number of nitrogen functional groups attached to an aromatic ring is 1. The van der Waals surface area contributed by atoms with Crippen molar-refractivity contribution in [2.24, 2.45) is 0 Å². The molecule has 0 saturated heterocycles. The molecule has 0 aliphatic heterocycles. The van der Waals surface area contributed by atoms with Crippen LogP contribution < -0.4 is 26.6 Å². The molecule has 1 aromatic carbocycles. The van der Waals surface area contributed by atoms with E-state index < -0.39 is 53.1 Å². The fourth-order valence-corrected chi connectivity index (χ4v) is 2.97. The first kappa shape index (κ1) is 24.1. The molecule has 16 heteroatoms. The van der Waals surface area contributed by atoms with Gasteiger partial charge in [0.2, 0.25) is 5.88 Å². The van der Waals surface area contributed by atoms with Crippen LogP contribution in [-0.2, 0) is 6.18 Å². The lowest BCUT2D eigenvalue weighted by molar-refractivity contribution is -0.143. The Balaban J connectivity index is 2.13. The van der Waals surface area contributed by atoms with Gasteiger partial charge in [0, 0.05) is 23.9 Å². The Bertz CT molecular complexity index is 1340. The van der Waals surface area contributed by atoms with Crippen LogP contribution in [0.25, 0.3) is 5.69 Å². The van der Waals surface area contributed by atoms with Gasteiger partial charge in [-0.1, -0.05) is 0 Å². The topological polar surface area (TPSA) is 114 Å². The van der Waals surface area contributed by atoms with Crippen LogP contribution in [0.2, 0.25) is 0 Å². The SMILES string of the molecule is Cc1cc(OC(F)F)nc(Oc2cc(-n3c(=O)cc(C(F)(F)F)n(N)c3=O)c(F)cc2Br)n1. The minimum absolute atomic E-state index is 0.0149. The molecule has 0 saturated carbocycles. The van der Waals surface area contributed by atoms with E-state index in [1.807, 2.05) is 0 Å². The van der Waals surface area contributed by atoms with Gasteiger partial charge in [-0.05, 0) is 28.9 Å². The molecule has 9 nitrogen and oxygen atoms in total. The van der Waals surface area contributed by atoms with Crippen LogP contribution in [0.3, 0.4) is 0 Å². The van der Waals surface area contributed by atoms with Crippen LogP contribution in [0.4, 0.5) is 26.3 Å². The molecule has 2 aromatic heterocycles. The van der Waals surface area contributed by atoms with Gasteiger partial charge in [0.15, 0.2) is 5.69 Å². The zero-order valence-corrected chi connectivity index (χ0v) is 17.6. The normalized spacial score (nSPS) is 11.7. The number of aryl methyl sites for hydroxylation is 1. The summed E-state index contributed by atoms with van der Waals surface area (Å²) in [6.07, 6.45) is -5.13. The molecule has 0 fully saturated rings. The minimum Gasteiger partial charge on any atom is -0.423 e. The monoisotopic (exact) mass is 541 g/mol. The van der Waals surface area contributed by atoms with Gasteiger partial charge in [0.05, 0.1) is 10.2 Å². The van der Waals surface area contributed by atoms with Gasteiger partial charge in [-0.3, -0.25) is 4.79 Å². The molecular formula is C17H10BrF6N5O4. The lowest BCUT2D eigenvalue weighted by Gasteiger charge is -2.15. The molecule has 3 aromatic rings. The molecule has 176 valence electrons. The second-order valence-electron chi connectivity index (χ2n) is 6.20. The number of hydrogen-bond donors (Lipinski definition) is 1. The van der Waals surface area contributed by atoms with Gasteiger partial charge in [0.1, 0.15) is 11.6 Å². The number of ether oxygens (including phenoxy) is 2. The molecule has 0 atom stereocenters. The maximum Gasteiger partial charge on any atom is 0.433 e. The van der Waals surface area contributed by atoms with E-state index in [0.717, 1.165) is 18.2 Å². The zero-order chi connectivity index (χ0) is 24.7. The van der Waals surface area contributed by atoms with Crippen LogP contribution in [0.1, 0.15) is 11.4 Å². The highest BCUT2D eigenvalue weighted by atomic mass is 79.9. The Morgan fingerprint density at radius 1 is 1.12 bits per heavy atom. The molecule has 2 N–H and O–H groups in total. The van der Waals surface area contributed by atoms with E-state index in [1.54, 1.807) is 0 Å².